The van der Waals surface area contributed by atoms with Gasteiger partial charge in [-0.25, -0.2) is 9.97 Å². The molecule has 8 heteroatoms. The molecule has 4 N–H and O–H groups in total. The Balaban J connectivity index is 1.55. The molecule has 4 rings (SSSR count). The first-order valence-corrected chi connectivity index (χ1v) is 9.57. The first-order valence-electron chi connectivity index (χ1n) is 8.75. The number of anilines is 2. The number of aliphatic hydroxyl groups is 1. The number of nitrogens with two attached hydrogens (primary N) is 1. The smallest absolute Gasteiger partial charge is 0.293 e. The Morgan fingerprint density at radius 1 is 1.35 bits per heavy atom. The topological polar surface area (TPSA) is 106 Å². The van der Waals surface area contributed by atoms with Gasteiger partial charge in [0.2, 0.25) is 0 Å². The number of nitrogen functional groups attached to an aromatic ring is 1. The summed E-state index contributed by atoms with van der Waals surface area (Å²) in [4.78, 5) is 20.4. The van der Waals surface area contributed by atoms with Crippen molar-refractivity contribution in [1.29, 1.82) is 0 Å². The molecular weight excluding hydrogens is 350 g/mol. The van der Waals surface area contributed by atoms with Crippen LogP contribution < -0.4 is 16.6 Å². The summed E-state index contributed by atoms with van der Waals surface area (Å²) in [6.07, 6.45) is 6.88. The average molecular weight is 371 g/mol. The lowest BCUT2D eigenvalue weighted by molar-refractivity contribution is 0.116. The standard InChI is InChI=1S/C18H21N5O2S/c19-16-17(25)23(8-7-20-16)10-11-5-6-13-15(9-11)26-18(22-13)21-12-3-1-2-4-14(12)24/h5-9,12,14,24H,1-4,10H2,(H2,19,20)(H,21,22). The molecule has 0 aliphatic heterocycles. The van der Waals surface area contributed by atoms with E-state index in [1.807, 2.05) is 18.2 Å². The van der Waals surface area contributed by atoms with Gasteiger partial charge in [-0.15, -0.1) is 0 Å². The van der Waals surface area contributed by atoms with Crippen molar-refractivity contribution in [1.82, 2.24) is 14.5 Å². The van der Waals surface area contributed by atoms with Crippen molar-refractivity contribution in [2.75, 3.05) is 11.1 Å². The second kappa shape index (κ2) is 7.05. The number of aliphatic hydroxyl groups excluding tert-OH is 1. The van der Waals surface area contributed by atoms with E-state index in [1.165, 1.54) is 6.20 Å². The third-order valence-corrected chi connectivity index (χ3v) is 5.73. The minimum Gasteiger partial charge on any atom is -0.391 e. The molecule has 2 atom stereocenters. The molecule has 3 aromatic rings. The maximum absolute atomic E-state index is 12.0. The van der Waals surface area contributed by atoms with E-state index in [2.05, 4.69) is 15.3 Å². The van der Waals surface area contributed by atoms with Crippen LogP contribution in [-0.4, -0.2) is 31.8 Å². The molecule has 0 saturated heterocycles. The average Bonchev–Trinajstić information content (AvgIpc) is 3.02. The molecule has 26 heavy (non-hydrogen) atoms. The fourth-order valence-electron chi connectivity index (χ4n) is 3.35. The lowest BCUT2D eigenvalue weighted by Gasteiger charge is -2.27. The number of hydrogen-bond acceptors (Lipinski definition) is 7. The Hall–Kier alpha value is -2.45. The highest BCUT2D eigenvalue weighted by Crippen LogP contribution is 2.29. The zero-order chi connectivity index (χ0) is 18.1. The second-order valence-electron chi connectivity index (χ2n) is 6.67. The van der Waals surface area contributed by atoms with Gasteiger partial charge in [0.1, 0.15) is 0 Å². The predicted molar refractivity (Wildman–Crippen MR) is 104 cm³/mol. The molecule has 0 radical (unpaired) electrons. The number of rotatable bonds is 4. The highest BCUT2D eigenvalue weighted by molar-refractivity contribution is 7.22. The molecule has 2 heterocycles. The van der Waals surface area contributed by atoms with Gasteiger partial charge in [0.15, 0.2) is 10.9 Å². The monoisotopic (exact) mass is 371 g/mol. The quantitative estimate of drug-likeness (QED) is 0.649. The van der Waals surface area contributed by atoms with Crippen LogP contribution in [0.5, 0.6) is 0 Å². The van der Waals surface area contributed by atoms with Crippen molar-refractivity contribution in [3.8, 4) is 0 Å². The summed E-state index contributed by atoms with van der Waals surface area (Å²) in [6.45, 7) is 0.434. The van der Waals surface area contributed by atoms with Gasteiger partial charge in [-0.1, -0.05) is 30.2 Å². The Morgan fingerprint density at radius 3 is 3.04 bits per heavy atom. The van der Waals surface area contributed by atoms with Crippen LogP contribution in [0.2, 0.25) is 0 Å². The first-order chi connectivity index (χ1) is 12.6. The van der Waals surface area contributed by atoms with Gasteiger partial charge in [-0.3, -0.25) is 4.79 Å². The number of aromatic nitrogens is 3. The fourth-order valence-corrected chi connectivity index (χ4v) is 4.34. The molecule has 1 saturated carbocycles. The number of thiazole rings is 1. The van der Waals surface area contributed by atoms with E-state index in [0.29, 0.717) is 6.54 Å². The molecule has 0 spiro atoms. The van der Waals surface area contributed by atoms with E-state index in [1.54, 1.807) is 22.1 Å². The third-order valence-electron chi connectivity index (χ3n) is 4.78. The van der Waals surface area contributed by atoms with Crippen molar-refractivity contribution in [2.45, 2.75) is 44.4 Å². The highest BCUT2D eigenvalue weighted by atomic mass is 32.1. The molecule has 1 fully saturated rings. The fraction of sp³-hybridized carbons (Fsp3) is 0.389. The van der Waals surface area contributed by atoms with Crippen LogP contribution in [0.25, 0.3) is 10.2 Å². The number of hydrogen-bond donors (Lipinski definition) is 3. The number of fused-ring (bicyclic) bond motifs is 1. The van der Waals surface area contributed by atoms with Crippen LogP contribution >= 0.6 is 11.3 Å². The van der Waals surface area contributed by atoms with E-state index in [9.17, 15) is 9.90 Å². The Morgan fingerprint density at radius 2 is 2.19 bits per heavy atom. The molecule has 0 amide bonds. The Labute approximate surface area is 154 Å². The van der Waals surface area contributed by atoms with Gasteiger partial charge in [-0.05, 0) is 30.5 Å². The van der Waals surface area contributed by atoms with Crippen LogP contribution in [0.4, 0.5) is 10.9 Å². The predicted octanol–water partition coefficient (Wildman–Crippen LogP) is 2.20. The molecule has 7 nitrogen and oxygen atoms in total. The molecule has 2 aromatic heterocycles. The summed E-state index contributed by atoms with van der Waals surface area (Å²) in [7, 11) is 0. The summed E-state index contributed by atoms with van der Waals surface area (Å²) >= 11 is 1.57. The SMILES string of the molecule is Nc1nccn(Cc2ccc3nc(NC4CCCCC4O)sc3c2)c1=O. The Kier molecular flexibility index (Phi) is 4.60. The second-order valence-corrected chi connectivity index (χ2v) is 7.70. The Bertz CT molecular complexity index is 983. The van der Waals surface area contributed by atoms with Crippen LogP contribution in [0, 0.1) is 0 Å². The van der Waals surface area contributed by atoms with Crippen molar-refractivity contribution in [3.63, 3.8) is 0 Å². The van der Waals surface area contributed by atoms with E-state index in [0.717, 1.165) is 46.6 Å². The van der Waals surface area contributed by atoms with Crippen molar-refractivity contribution in [3.05, 3.63) is 46.5 Å². The summed E-state index contributed by atoms with van der Waals surface area (Å²) in [5, 5.41) is 14.3. The van der Waals surface area contributed by atoms with Crippen LogP contribution in [-0.2, 0) is 6.54 Å². The van der Waals surface area contributed by atoms with Gasteiger partial charge in [0.25, 0.3) is 5.56 Å². The molecule has 1 aliphatic carbocycles. The summed E-state index contributed by atoms with van der Waals surface area (Å²) in [6, 6.07) is 6.03. The molecule has 1 aromatic carbocycles. The lowest BCUT2D eigenvalue weighted by Crippen LogP contribution is -2.36. The maximum Gasteiger partial charge on any atom is 0.293 e. The highest BCUT2D eigenvalue weighted by Gasteiger charge is 2.23. The molecular formula is C18H21N5O2S. The zero-order valence-electron chi connectivity index (χ0n) is 14.3. The van der Waals surface area contributed by atoms with Crippen molar-refractivity contribution < 1.29 is 5.11 Å². The van der Waals surface area contributed by atoms with E-state index in [4.69, 9.17) is 5.73 Å². The lowest BCUT2D eigenvalue weighted by atomic mass is 9.93. The van der Waals surface area contributed by atoms with Crippen LogP contribution in [0.1, 0.15) is 31.2 Å². The first kappa shape index (κ1) is 17.0. The number of benzene rings is 1. The minimum absolute atomic E-state index is 0.00361. The van der Waals surface area contributed by atoms with Crippen molar-refractivity contribution >= 4 is 32.5 Å². The molecule has 2 unspecified atom stereocenters. The normalized spacial score (nSPS) is 20.3. The minimum atomic E-state index is -0.310. The van der Waals surface area contributed by atoms with E-state index in [-0.39, 0.29) is 23.5 Å². The summed E-state index contributed by atoms with van der Waals surface area (Å²) in [5.41, 5.74) is 7.21. The van der Waals surface area contributed by atoms with Crippen molar-refractivity contribution in [2.24, 2.45) is 0 Å². The molecule has 0 bridgehead atoms. The van der Waals surface area contributed by atoms with Gasteiger partial charge < -0.3 is 20.7 Å². The zero-order valence-corrected chi connectivity index (χ0v) is 15.1. The molecule has 136 valence electrons. The van der Waals surface area contributed by atoms with E-state index < -0.39 is 0 Å². The third kappa shape index (κ3) is 3.42. The van der Waals surface area contributed by atoms with Gasteiger partial charge in [0.05, 0.1) is 28.9 Å². The summed E-state index contributed by atoms with van der Waals surface area (Å²) in [5.74, 6) is 0.00361. The van der Waals surface area contributed by atoms with Crippen LogP contribution in [0.3, 0.4) is 0 Å². The van der Waals surface area contributed by atoms with Crippen LogP contribution in [0.15, 0.2) is 35.4 Å². The van der Waals surface area contributed by atoms with Gasteiger partial charge in [0, 0.05) is 12.4 Å². The summed E-state index contributed by atoms with van der Waals surface area (Å²) < 4.78 is 2.59. The number of nitrogens with zero attached hydrogens (tertiary/aromatic N) is 3. The molecule has 1 aliphatic rings. The largest absolute Gasteiger partial charge is 0.391 e. The van der Waals surface area contributed by atoms with Gasteiger partial charge >= 0.3 is 0 Å². The number of nitrogens with one attached hydrogen (secondary N) is 1. The van der Waals surface area contributed by atoms with E-state index >= 15 is 0 Å². The van der Waals surface area contributed by atoms with Gasteiger partial charge in [-0.2, -0.15) is 0 Å². The maximum atomic E-state index is 12.0.